The quantitative estimate of drug-likeness (QED) is 0.360. The van der Waals surface area contributed by atoms with Crippen molar-refractivity contribution in [3.63, 3.8) is 0 Å². The molecule has 8 nitrogen and oxygen atoms in total. The highest BCUT2D eigenvalue weighted by Crippen LogP contribution is 2.59. The molecule has 8 heteroatoms. The van der Waals surface area contributed by atoms with Crippen molar-refractivity contribution in [1.82, 2.24) is 9.80 Å². The van der Waals surface area contributed by atoms with Gasteiger partial charge in [0.25, 0.3) is 0 Å². The molecule has 0 radical (unpaired) electrons. The topological polar surface area (TPSA) is 96.4 Å². The third-order valence-electron chi connectivity index (χ3n) is 7.11. The number of unbranched alkanes of at least 4 members (excludes halogenated alkanes) is 1. The first kappa shape index (κ1) is 24.5. The molecule has 3 rings (SSSR count). The Kier molecular flexibility index (Phi) is 7.77. The highest BCUT2D eigenvalue weighted by atomic mass is 16.6. The van der Waals surface area contributed by atoms with E-state index >= 15 is 0 Å². The average Bonchev–Trinajstić information content (AvgIpc) is 3.43. The maximum absolute atomic E-state index is 13.9. The summed E-state index contributed by atoms with van der Waals surface area (Å²) in [5, 5.41) is 10.0. The summed E-state index contributed by atoms with van der Waals surface area (Å²) in [6.07, 6.45) is 6.05. The second-order valence-corrected chi connectivity index (χ2v) is 8.89. The van der Waals surface area contributed by atoms with Gasteiger partial charge in [0.05, 0.1) is 30.6 Å². The van der Waals surface area contributed by atoms with Crippen LogP contribution in [-0.4, -0.2) is 82.8 Å². The van der Waals surface area contributed by atoms with Crippen LogP contribution in [0.1, 0.15) is 46.0 Å². The first-order valence-corrected chi connectivity index (χ1v) is 11.7. The molecule has 3 fully saturated rings. The van der Waals surface area contributed by atoms with Crippen molar-refractivity contribution in [3.05, 3.63) is 25.3 Å². The molecule has 178 valence electrons. The smallest absolute Gasteiger partial charge is 0.312 e. The number of likely N-dealkylation sites (tertiary alicyclic amines) is 1. The number of esters is 1. The molecule has 0 aliphatic carbocycles. The highest BCUT2D eigenvalue weighted by Gasteiger charge is 2.75. The summed E-state index contributed by atoms with van der Waals surface area (Å²) < 4.78 is 11.7. The van der Waals surface area contributed by atoms with Crippen molar-refractivity contribution in [2.75, 3.05) is 26.3 Å². The Hall–Kier alpha value is -2.19. The van der Waals surface area contributed by atoms with Gasteiger partial charge in [0.2, 0.25) is 11.8 Å². The van der Waals surface area contributed by atoms with E-state index in [0.29, 0.717) is 32.4 Å². The summed E-state index contributed by atoms with van der Waals surface area (Å²) in [5.74, 6) is -2.54. The van der Waals surface area contributed by atoms with Gasteiger partial charge in [-0.2, -0.15) is 0 Å². The second kappa shape index (κ2) is 10.2. The molecule has 2 amide bonds. The number of carbonyl (C=O) groups excluding carboxylic acids is 3. The predicted octanol–water partition coefficient (Wildman–Crippen LogP) is 1.68. The second-order valence-electron chi connectivity index (χ2n) is 8.89. The van der Waals surface area contributed by atoms with E-state index in [1.165, 1.54) is 11.0 Å². The van der Waals surface area contributed by atoms with Gasteiger partial charge in [-0.1, -0.05) is 39.0 Å². The minimum Gasteiger partial charge on any atom is -0.461 e. The molecule has 1 N–H and O–H groups in total. The van der Waals surface area contributed by atoms with Crippen molar-refractivity contribution < 1.29 is 29.0 Å². The Morgan fingerprint density at radius 1 is 1.38 bits per heavy atom. The van der Waals surface area contributed by atoms with E-state index in [1.807, 2.05) is 6.92 Å². The number of nitrogens with zero attached hydrogens (tertiary/aromatic N) is 2. The van der Waals surface area contributed by atoms with Crippen LogP contribution < -0.4 is 0 Å². The largest absolute Gasteiger partial charge is 0.461 e. The van der Waals surface area contributed by atoms with Crippen LogP contribution in [0, 0.1) is 11.8 Å². The first-order chi connectivity index (χ1) is 15.4. The molecule has 3 heterocycles. The molecule has 6 atom stereocenters. The van der Waals surface area contributed by atoms with Gasteiger partial charge in [-0.25, -0.2) is 0 Å². The molecule has 2 bridgehead atoms. The Morgan fingerprint density at radius 2 is 2.12 bits per heavy atom. The number of hydrogen-bond donors (Lipinski definition) is 1. The van der Waals surface area contributed by atoms with Gasteiger partial charge >= 0.3 is 5.97 Å². The SMILES string of the molecule is C=CCOC(=O)[C@@H]1[C@@H]2CCC3(O2)C(C(=O)N(CC=C)CCCC)N([C@@H](CC)CO)C(=O)[C@H]13. The van der Waals surface area contributed by atoms with Crippen molar-refractivity contribution in [2.45, 2.75) is 69.7 Å². The fraction of sp³-hybridized carbons (Fsp3) is 0.708. The van der Waals surface area contributed by atoms with Gasteiger partial charge in [-0.3, -0.25) is 14.4 Å². The molecule has 0 aromatic rings. The van der Waals surface area contributed by atoms with E-state index < -0.39 is 41.6 Å². The lowest BCUT2D eigenvalue weighted by atomic mass is 9.70. The van der Waals surface area contributed by atoms with E-state index in [-0.39, 0.29) is 25.0 Å². The molecule has 2 unspecified atom stereocenters. The molecule has 0 aromatic carbocycles. The van der Waals surface area contributed by atoms with Crippen molar-refractivity contribution >= 4 is 17.8 Å². The van der Waals surface area contributed by atoms with Crippen LogP contribution >= 0.6 is 0 Å². The van der Waals surface area contributed by atoms with Crippen molar-refractivity contribution in [1.29, 1.82) is 0 Å². The zero-order chi connectivity index (χ0) is 23.5. The number of carbonyl (C=O) groups is 3. The van der Waals surface area contributed by atoms with Crippen LogP contribution in [0.15, 0.2) is 25.3 Å². The third-order valence-corrected chi connectivity index (χ3v) is 7.11. The van der Waals surface area contributed by atoms with Crippen LogP contribution in [-0.2, 0) is 23.9 Å². The number of rotatable bonds is 12. The molecular formula is C24H36N2O6. The number of aliphatic hydroxyl groups is 1. The Labute approximate surface area is 190 Å². The maximum atomic E-state index is 13.9. The van der Waals surface area contributed by atoms with E-state index in [1.54, 1.807) is 11.0 Å². The van der Waals surface area contributed by atoms with Crippen LogP contribution in [0.5, 0.6) is 0 Å². The van der Waals surface area contributed by atoms with E-state index in [2.05, 4.69) is 20.1 Å². The summed E-state index contributed by atoms with van der Waals surface area (Å²) in [4.78, 5) is 43.7. The minimum absolute atomic E-state index is 0.0559. The summed E-state index contributed by atoms with van der Waals surface area (Å²) in [5.41, 5.74) is -1.08. The minimum atomic E-state index is -1.08. The van der Waals surface area contributed by atoms with Gasteiger partial charge in [0.15, 0.2) is 0 Å². The van der Waals surface area contributed by atoms with Gasteiger partial charge in [-0.15, -0.1) is 6.58 Å². The number of amides is 2. The summed E-state index contributed by atoms with van der Waals surface area (Å²) in [6.45, 7) is 12.0. The Morgan fingerprint density at radius 3 is 2.72 bits per heavy atom. The molecule has 0 saturated carbocycles. The van der Waals surface area contributed by atoms with E-state index in [0.717, 1.165) is 12.8 Å². The number of aliphatic hydroxyl groups excluding tert-OH is 1. The fourth-order valence-corrected chi connectivity index (χ4v) is 5.65. The molecule has 1 spiro atoms. The zero-order valence-corrected chi connectivity index (χ0v) is 19.2. The molecule has 32 heavy (non-hydrogen) atoms. The first-order valence-electron chi connectivity index (χ1n) is 11.7. The van der Waals surface area contributed by atoms with Crippen LogP contribution in [0.3, 0.4) is 0 Å². The molecular weight excluding hydrogens is 412 g/mol. The van der Waals surface area contributed by atoms with Crippen molar-refractivity contribution in [3.8, 4) is 0 Å². The fourth-order valence-electron chi connectivity index (χ4n) is 5.65. The van der Waals surface area contributed by atoms with E-state index in [9.17, 15) is 19.5 Å². The lowest BCUT2D eigenvalue weighted by Crippen LogP contribution is -2.58. The van der Waals surface area contributed by atoms with Gasteiger partial charge in [0.1, 0.15) is 18.2 Å². The van der Waals surface area contributed by atoms with Crippen molar-refractivity contribution in [2.24, 2.45) is 11.8 Å². The number of ether oxygens (including phenoxy) is 2. The lowest BCUT2D eigenvalue weighted by molar-refractivity contribution is -0.155. The van der Waals surface area contributed by atoms with Crippen LogP contribution in [0.4, 0.5) is 0 Å². The van der Waals surface area contributed by atoms with Gasteiger partial charge in [-0.05, 0) is 25.7 Å². The summed E-state index contributed by atoms with van der Waals surface area (Å²) in [6, 6.07) is -1.41. The molecule has 0 aromatic heterocycles. The molecule has 3 saturated heterocycles. The predicted molar refractivity (Wildman–Crippen MR) is 118 cm³/mol. The average molecular weight is 449 g/mol. The Bertz CT molecular complexity index is 751. The van der Waals surface area contributed by atoms with Crippen LogP contribution in [0.2, 0.25) is 0 Å². The Balaban J connectivity index is 2.03. The zero-order valence-electron chi connectivity index (χ0n) is 19.2. The number of fused-ring (bicyclic) bond motifs is 1. The summed E-state index contributed by atoms with van der Waals surface area (Å²) >= 11 is 0. The summed E-state index contributed by atoms with van der Waals surface area (Å²) in [7, 11) is 0. The van der Waals surface area contributed by atoms with Gasteiger partial charge < -0.3 is 24.4 Å². The van der Waals surface area contributed by atoms with E-state index in [4.69, 9.17) is 9.47 Å². The maximum Gasteiger partial charge on any atom is 0.312 e. The molecule has 3 aliphatic rings. The van der Waals surface area contributed by atoms with Crippen LogP contribution in [0.25, 0.3) is 0 Å². The number of hydrogen-bond acceptors (Lipinski definition) is 6. The van der Waals surface area contributed by atoms with Gasteiger partial charge in [0, 0.05) is 13.1 Å². The normalized spacial score (nSPS) is 31.3. The third kappa shape index (κ3) is 3.88. The monoisotopic (exact) mass is 448 g/mol. The highest BCUT2D eigenvalue weighted by molar-refractivity contribution is 5.98. The standard InChI is InChI=1S/C24H36N2O6/c1-5-9-13-25(12-6-2)22(29)20-24-11-10-17(32-24)18(23(30)31-14-7-3)19(24)21(28)26(20)16(8-4)15-27/h6-7,16-20,27H,2-3,5,8-15H2,1,4H3/t16-,17-,18+,19-,20?,24?/m0/s1. The molecule has 3 aliphatic heterocycles. The lowest BCUT2D eigenvalue weighted by Gasteiger charge is -2.39.